The van der Waals surface area contributed by atoms with Crippen LogP contribution in [0, 0.1) is 116 Å². The van der Waals surface area contributed by atoms with Crippen LogP contribution in [0.2, 0.25) is 0 Å². The van der Waals surface area contributed by atoms with Crippen LogP contribution >= 0.6 is 0 Å². The number of hydrogen-bond donors (Lipinski definition) is 1. The van der Waals surface area contributed by atoms with Gasteiger partial charge in [-0.25, -0.2) is 87.8 Å². The Balaban J connectivity index is 0.000000496. The summed E-state index contributed by atoms with van der Waals surface area (Å²) in [5.41, 5.74) is -11.3. The fourth-order valence-electron chi connectivity index (χ4n) is 6.49. The van der Waals surface area contributed by atoms with Crippen molar-refractivity contribution in [1.82, 2.24) is 0 Å². The van der Waals surface area contributed by atoms with E-state index in [1.165, 1.54) is 24.2 Å². The Kier molecular flexibility index (Phi) is 10.7. The van der Waals surface area contributed by atoms with Crippen LogP contribution in [0.4, 0.5) is 93.5 Å². The number of rotatable bonds is 4. The molecule has 55 heavy (non-hydrogen) atoms. The highest BCUT2D eigenvalue weighted by atomic mass is 19.2. The Labute approximate surface area is 292 Å². The maximum Gasteiger partial charge on any atom is 0.200 e. The van der Waals surface area contributed by atoms with Crippen molar-refractivity contribution in [3.63, 3.8) is 0 Å². The van der Waals surface area contributed by atoms with Crippen molar-refractivity contribution in [3.05, 3.63) is 146 Å². The van der Waals surface area contributed by atoms with Gasteiger partial charge in [-0.1, -0.05) is 18.2 Å². The van der Waals surface area contributed by atoms with E-state index in [1.807, 2.05) is 0 Å². The Morgan fingerprint density at radius 3 is 0.800 bits per heavy atom. The first-order valence-corrected chi connectivity index (χ1v) is 14.7. The van der Waals surface area contributed by atoms with E-state index >= 15 is 35.1 Å². The Hall–Kier alpha value is -5.28. The highest BCUT2D eigenvalue weighted by molar-refractivity contribution is 7.20. The monoisotopic (exact) mass is 813 g/mol. The molecule has 1 unspecified atom stereocenters. The molecule has 1 aliphatic heterocycles. The van der Waals surface area contributed by atoms with Crippen LogP contribution < -0.4 is 26.8 Å². The molecule has 1 heterocycles. The van der Waals surface area contributed by atoms with Gasteiger partial charge in [0, 0.05) is 12.0 Å². The standard InChI is InChI=1S/C24BF20.C9H11N/c26-5-1(6(27)14(35)21(42)13(5)34)25(2-7(28)15(36)22(43)16(37)8(2)29,3-9(30)17(38)23(44)18(39)10(3)31)4-11(32)19(40)24(45)20(41)12(4)33;1-10-7-6-8-4-2-3-5-9(8)10/h;2-5H,6-7H2,1H3/q-1;/p+1. The van der Waals surface area contributed by atoms with Crippen LogP contribution in [0.5, 0.6) is 0 Å². The van der Waals surface area contributed by atoms with Crippen molar-refractivity contribution in [2.75, 3.05) is 13.6 Å². The smallest absolute Gasteiger partial charge is 0.200 e. The van der Waals surface area contributed by atoms with Gasteiger partial charge in [0.25, 0.3) is 0 Å². The highest BCUT2D eigenvalue weighted by Crippen LogP contribution is 2.30. The summed E-state index contributed by atoms with van der Waals surface area (Å²) in [6, 6.07) is 8.69. The molecule has 22 heteroatoms. The number of fused-ring (bicyclic) bond motifs is 1. The number of benzene rings is 5. The molecule has 0 aromatic heterocycles. The third-order valence-electron chi connectivity index (χ3n) is 8.95. The van der Waals surface area contributed by atoms with Crippen LogP contribution in [0.25, 0.3) is 0 Å². The number of hydrogen-bond acceptors (Lipinski definition) is 0. The fraction of sp³-hybridized carbons (Fsp3) is 0.0909. The van der Waals surface area contributed by atoms with E-state index in [1.54, 1.807) is 4.90 Å². The van der Waals surface area contributed by atoms with Crippen LogP contribution in [0.15, 0.2) is 24.3 Å². The van der Waals surface area contributed by atoms with Gasteiger partial charge >= 0.3 is 0 Å². The maximum absolute atomic E-state index is 15.4. The summed E-state index contributed by atoms with van der Waals surface area (Å²) in [6.45, 7) is 1.26. The normalized spacial score (nSPS) is 13.9. The van der Waals surface area contributed by atoms with Crippen LogP contribution in [0.1, 0.15) is 5.56 Å². The maximum atomic E-state index is 15.4. The predicted octanol–water partition coefficient (Wildman–Crippen LogP) is 6.23. The molecule has 0 fully saturated rings. The van der Waals surface area contributed by atoms with Crippen molar-refractivity contribution in [2.24, 2.45) is 0 Å². The topological polar surface area (TPSA) is 4.44 Å². The van der Waals surface area contributed by atoms with Gasteiger partial charge < -0.3 is 4.90 Å². The molecule has 1 nitrogen and oxygen atoms in total. The molecule has 0 aliphatic carbocycles. The summed E-state index contributed by atoms with van der Waals surface area (Å²) in [5.74, 6) is -71.4. The minimum atomic E-state index is -7.22. The summed E-state index contributed by atoms with van der Waals surface area (Å²) < 4.78 is 294. The molecule has 0 bridgehead atoms. The lowest BCUT2D eigenvalue weighted by Crippen LogP contribution is -3.02. The predicted molar refractivity (Wildman–Crippen MR) is 151 cm³/mol. The van der Waals surface area contributed by atoms with E-state index < -0.39 is 144 Å². The van der Waals surface area contributed by atoms with E-state index in [4.69, 9.17) is 0 Å². The zero-order valence-electron chi connectivity index (χ0n) is 26.4. The van der Waals surface area contributed by atoms with Crippen molar-refractivity contribution in [2.45, 2.75) is 6.42 Å². The molecule has 5 aromatic carbocycles. The van der Waals surface area contributed by atoms with E-state index in [0.717, 1.165) is 0 Å². The lowest BCUT2D eigenvalue weighted by Gasteiger charge is -2.44. The molecule has 1 atom stereocenters. The van der Waals surface area contributed by atoms with Crippen molar-refractivity contribution in [3.8, 4) is 0 Å². The second-order valence-electron chi connectivity index (χ2n) is 11.7. The molecule has 0 radical (unpaired) electrons. The number of para-hydroxylation sites is 1. The van der Waals surface area contributed by atoms with Gasteiger partial charge in [0.1, 0.15) is 58.4 Å². The third kappa shape index (κ3) is 5.86. The van der Waals surface area contributed by atoms with Crippen molar-refractivity contribution in [1.29, 1.82) is 0 Å². The third-order valence-corrected chi connectivity index (χ3v) is 8.95. The summed E-state index contributed by atoms with van der Waals surface area (Å²) in [6.07, 6.45) is -5.97. The van der Waals surface area contributed by atoms with Crippen LogP contribution in [-0.2, 0) is 6.42 Å². The Bertz CT molecular complexity index is 2030. The van der Waals surface area contributed by atoms with Gasteiger partial charge in [0.2, 0.25) is 0 Å². The Morgan fingerprint density at radius 1 is 0.345 bits per heavy atom. The van der Waals surface area contributed by atoms with Crippen molar-refractivity contribution < 1.29 is 92.7 Å². The van der Waals surface area contributed by atoms with Crippen LogP contribution in [-0.4, -0.2) is 19.7 Å². The molecule has 6 rings (SSSR count). The molecule has 5 aromatic rings. The molecule has 1 N–H and O–H groups in total. The second kappa shape index (κ2) is 14.4. The average molecular weight is 813 g/mol. The van der Waals surface area contributed by atoms with Gasteiger partial charge in [-0.15, -0.1) is 21.9 Å². The lowest BCUT2D eigenvalue weighted by molar-refractivity contribution is -0.803. The molecule has 0 saturated carbocycles. The highest BCUT2D eigenvalue weighted by Gasteiger charge is 2.52. The summed E-state index contributed by atoms with van der Waals surface area (Å²) >= 11 is 0. The molecule has 0 amide bonds. The summed E-state index contributed by atoms with van der Waals surface area (Å²) in [4.78, 5) is 1.55. The zero-order chi connectivity index (χ0) is 41.3. The van der Waals surface area contributed by atoms with Crippen molar-refractivity contribution >= 4 is 33.7 Å². The van der Waals surface area contributed by atoms with Gasteiger partial charge in [0.05, 0.1) is 13.6 Å². The van der Waals surface area contributed by atoms with Gasteiger partial charge in [-0.2, -0.15) is 0 Å². The minimum absolute atomic E-state index is 1.25. The first kappa shape index (κ1) is 40.9. The number of likely N-dealkylation sites (N-methyl/N-ethyl adjacent to an activating group) is 1. The lowest BCUT2D eigenvalue weighted by atomic mass is 9.12. The first-order valence-electron chi connectivity index (χ1n) is 14.7. The fourth-order valence-corrected chi connectivity index (χ4v) is 6.49. The SMILES string of the molecule is C[NH+]1CCc2ccccc21.Fc1c(F)c(F)c([B-](c2c(F)c(F)c(F)c(F)c2F)(c2c(F)c(F)c(F)c(F)c2F)c2c(F)c(F)c(F)c(F)c2F)c(F)c1F. The molecular formula is C33H12BF20N. The summed E-state index contributed by atoms with van der Waals surface area (Å²) in [5, 5.41) is 0. The first-order chi connectivity index (χ1) is 25.6. The van der Waals surface area contributed by atoms with Gasteiger partial charge in [0.15, 0.2) is 69.8 Å². The number of nitrogens with one attached hydrogen (secondary N) is 1. The molecule has 292 valence electrons. The van der Waals surface area contributed by atoms with Crippen LogP contribution in [0.3, 0.4) is 0 Å². The molecular weight excluding hydrogens is 801 g/mol. The summed E-state index contributed by atoms with van der Waals surface area (Å²) in [7, 11) is 2.23. The number of quaternary nitrogens is 1. The van der Waals surface area contributed by atoms with E-state index in [-0.39, 0.29) is 0 Å². The largest absolute Gasteiger partial charge is 0.304 e. The zero-order valence-corrected chi connectivity index (χ0v) is 26.4. The van der Waals surface area contributed by atoms with Gasteiger partial charge in [-0.05, 0) is 6.07 Å². The van der Waals surface area contributed by atoms with E-state index in [2.05, 4.69) is 31.3 Å². The molecule has 0 spiro atoms. The van der Waals surface area contributed by atoms with E-state index in [9.17, 15) is 52.7 Å². The Morgan fingerprint density at radius 2 is 0.564 bits per heavy atom. The van der Waals surface area contributed by atoms with E-state index in [0.29, 0.717) is 0 Å². The second-order valence-corrected chi connectivity index (χ2v) is 11.7. The van der Waals surface area contributed by atoms with Gasteiger partial charge in [-0.3, -0.25) is 0 Å². The molecule has 1 aliphatic rings. The average Bonchev–Trinajstić information content (AvgIpc) is 3.55. The number of halogens is 20. The quantitative estimate of drug-likeness (QED) is 0.0951. The molecule has 0 saturated heterocycles. The minimum Gasteiger partial charge on any atom is -0.304 e.